The fourth-order valence-corrected chi connectivity index (χ4v) is 1.77. The maximum absolute atomic E-state index is 11.4. The number of rotatable bonds is 7. The second kappa shape index (κ2) is 9.19. The normalized spacial score (nSPS) is 12.3. The predicted molar refractivity (Wildman–Crippen MR) is 78.1 cm³/mol. The summed E-state index contributed by atoms with van der Waals surface area (Å²) in [5.74, 6) is -2.35. The van der Waals surface area contributed by atoms with E-state index in [1.54, 1.807) is 36.4 Å². The van der Waals surface area contributed by atoms with E-state index < -0.39 is 24.1 Å². The van der Waals surface area contributed by atoms with Crippen LogP contribution < -0.4 is 39.0 Å². The molecule has 2 aromatic carbocycles. The number of para-hydroxylation sites is 2. The monoisotopic (exact) mass is 326 g/mol. The largest absolute Gasteiger partial charge is 1.00 e. The van der Waals surface area contributed by atoms with Crippen molar-refractivity contribution in [3.8, 4) is 11.5 Å². The molecule has 0 amide bonds. The van der Waals surface area contributed by atoms with E-state index >= 15 is 0 Å². The van der Waals surface area contributed by atoms with Crippen LogP contribution in [0.1, 0.15) is 1.43 Å². The Hall–Kier alpha value is -2.02. The Kier molecular flexibility index (Phi) is 7.61. The van der Waals surface area contributed by atoms with Gasteiger partial charge in [0, 0.05) is 0 Å². The van der Waals surface area contributed by atoms with Gasteiger partial charge in [-0.15, -0.1) is 0 Å². The van der Waals surface area contributed by atoms with Gasteiger partial charge >= 0.3 is 41.5 Å². The number of carboxylic acids is 2. The maximum Gasteiger partial charge on any atom is 1.00 e. The topological polar surface area (TPSA) is 93.1 Å². The predicted octanol–water partition coefficient (Wildman–Crippen LogP) is -0.833. The summed E-state index contributed by atoms with van der Waals surface area (Å²) in [5.41, 5.74) is 0. The third-order valence-corrected chi connectivity index (χ3v) is 2.77. The van der Waals surface area contributed by atoms with Gasteiger partial charge in [-0.25, -0.2) is 9.59 Å². The Morgan fingerprint density at radius 2 is 1.04 bits per heavy atom. The molecule has 0 saturated heterocycles. The van der Waals surface area contributed by atoms with Crippen molar-refractivity contribution >= 4 is 11.9 Å². The Balaban J connectivity index is 0.00000264. The minimum absolute atomic E-state index is 0. The fourth-order valence-electron chi connectivity index (χ4n) is 1.77. The number of carboxylic acid groups (broad SMARTS) is 2. The van der Waals surface area contributed by atoms with E-state index in [1.807, 2.05) is 0 Å². The molecule has 0 radical (unpaired) electrons. The van der Waals surface area contributed by atoms with Crippen LogP contribution in [0.25, 0.3) is 0 Å². The van der Waals surface area contributed by atoms with Crippen LogP contribution in [0.15, 0.2) is 60.7 Å². The van der Waals surface area contributed by atoms with Gasteiger partial charge in [0.1, 0.15) is 11.5 Å². The van der Waals surface area contributed by atoms with E-state index in [2.05, 4.69) is 0 Å². The number of carbonyl (C=O) groups is 2. The summed E-state index contributed by atoms with van der Waals surface area (Å²) >= 11 is 0. The summed E-state index contributed by atoms with van der Waals surface area (Å²) in [4.78, 5) is 22.7. The summed E-state index contributed by atoms with van der Waals surface area (Å²) in [6.45, 7) is 0. The molecule has 7 heteroatoms. The van der Waals surface area contributed by atoms with Crippen molar-refractivity contribution < 1.29 is 60.3 Å². The first-order chi connectivity index (χ1) is 10.6. The van der Waals surface area contributed by atoms with Crippen molar-refractivity contribution in [2.24, 2.45) is 0 Å². The van der Waals surface area contributed by atoms with E-state index in [0.717, 1.165) is 0 Å². The van der Waals surface area contributed by atoms with Crippen LogP contribution in [-0.2, 0) is 9.59 Å². The van der Waals surface area contributed by atoms with E-state index in [1.165, 1.54) is 24.3 Å². The number of ether oxygens (including phenoxy) is 2. The van der Waals surface area contributed by atoms with Crippen LogP contribution in [-0.4, -0.2) is 34.4 Å². The summed E-state index contributed by atoms with van der Waals surface area (Å²) in [7, 11) is 0. The van der Waals surface area contributed by atoms with Crippen LogP contribution in [0.3, 0.4) is 0 Å². The van der Waals surface area contributed by atoms with Crippen LogP contribution in [0.4, 0.5) is 0 Å². The van der Waals surface area contributed by atoms with Crippen LogP contribution in [0.2, 0.25) is 0 Å². The molecule has 116 valence electrons. The van der Waals surface area contributed by atoms with E-state index in [9.17, 15) is 19.8 Å². The van der Waals surface area contributed by atoms with E-state index in [0.29, 0.717) is 0 Å². The molecule has 0 fully saturated rings. The number of benzene rings is 2. The second-order valence-corrected chi connectivity index (χ2v) is 4.38. The smallest absolute Gasteiger partial charge is 1.00 e. The van der Waals surface area contributed by atoms with Gasteiger partial charge in [-0.05, 0) is 24.3 Å². The third-order valence-electron chi connectivity index (χ3n) is 2.77. The molecule has 2 rings (SSSR count). The SMILES string of the molecule is O=C(O)C(Oc1ccccc1)C(Oc1ccccc1)C(=O)O.[H-].[Na+]. The summed E-state index contributed by atoms with van der Waals surface area (Å²) in [5, 5.41) is 18.5. The van der Waals surface area contributed by atoms with E-state index in [-0.39, 0.29) is 42.5 Å². The average molecular weight is 326 g/mol. The van der Waals surface area contributed by atoms with Crippen molar-refractivity contribution in [2.75, 3.05) is 0 Å². The molecule has 0 spiro atoms. The van der Waals surface area contributed by atoms with Gasteiger partial charge in [0.2, 0.25) is 12.2 Å². The molecule has 6 nitrogen and oxygen atoms in total. The summed E-state index contributed by atoms with van der Waals surface area (Å²) in [6.07, 6.45) is -3.36. The first-order valence-electron chi connectivity index (χ1n) is 6.47. The fraction of sp³-hybridized carbons (Fsp3) is 0.125. The Morgan fingerprint density at radius 3 is 1.30 bits per heavy atom. The molecule has 0 aliphatic rings. The summed E-state index contributed by atoms with van der Waals surface area (Å²) < 4.78 is 10.5. The van der Waals surface area contributed by atoms with Crippen LogP contribution in [0.5, 0.6) is 11.5 Å². The van der Waals surface area contributed by atoms with Gasteiger partial charge in [-0.1, -0.05) is 36.4 Å². The Labute approximate surface area is 156 Å². The molecule has 0 heterocycles. The quantitative estimate of drug-likeness (QED) is 0.645. The van der Waals surface area contributed by atoms with Gasteiger partial charge in [-0.2, -0.15) is 0 Å². The second-order valence-electron chi connectivity index (χ2n) is 4.38. The van der Waals surface area contributed by atoms with Crippen molar-refractivity contribution in [1.29, 1.82) is 0 Å². The van der Waals surface area contributed by atoms with Gasteiger partial charge in [-0.3, -0.25) is 0 Å². The molecule has 0 saturated carbocycles. The van der Waals surface area contributed by atoms with Crippen molar-refractivity contribution in [3.63, 3.8) is 0 Å². The molecule has 0 bridgehead atoms. The Morgan fingerprint density at radius 1 is 0.739 bits per heavy atom. The molecular weight excluding hydrogens is 311 g/mol. The third kappa shape index (κ3) is 5.59. The van der Waals surface area contributed by atoms with Crippen molar-refractivity contribution in [1.82, 2.24) is 0 Å². The van der Waals surface area contributed by atoms with Crippen molar-refractivity contribution in [3.05, 3.63) is 60.7 Å². The van der Waals surface area contributed by atoms with Crippen LogP contribution in [0, 0.1) is 0 Å². The minimum Gasteiger partial charge on any atom is -1.00 e. The standard InChI is InChI=1S/C16H14O6.Na.H/c17-15(18)13(21-11-7-3-1-4-8-11)14(16(19)20)22-12-9-5-2-6-10-12;;/h1-10,13-14H,(H,17,18)(H,19,20);;/q;+1;-1. The molecule has 0 aliphatic heterocycles. The molecule has 2 N–H and O–H groups in total. The van der Waals surface area contributed by atoms with Gasteiger partial charge in [0.15, 0.2) is 0 Å². The number of aliphatic carboxylic acids is 2. The van der Waals surface area contributed by atoms with Gasteiger partial charge < -0.3 is 21.1 Å². The average Bonchev–Trinajstić information content (AvgIpc) is 2.52. The minimum atomic E-state index is -1.68. The first-order valence-corrected chi connectivity index (χ1v) is 6.47. The molecule has 23 heavy (non-hydrogen) atoms. The van der Waals surface area contributed by atoms with Gasteiger partial charge in [0.05, 0.1) is 0 Å². The molecule has 2 unspecified atom stereocenters. The molecular formula is C16H15NaO6. The first kappa shape index (κ1) is 19.0. The van der Waals surface area contributed by atoms with Crippen LogP contribution >= 0.6 is 0 Å². The summed E-state index contributed by atoms with van der Waals surface area (Å²) in [6, 6.07) is 16.2. The number of hydrogen-bond acceptors (Lipinski definition) is 4. The zero-order valence-corrected chi connectivity index (χ0v) is 14.5. The molecule has 2 atom stereocenters. The Bertz CT molecular complexity index is 580. The number of hydrogen-bond donors (Lipinski definition) is 2. The van der Waals surface area contributed by atoms with Gasteiger partial charge in [0.25, 0.3) is 0 Å². The van der Waals surface area contributed by atoms with E-state index in [4.69, 9.17) is 9.47 Å². The zero-order valence-electron chi connectivity index (χ0n) is 13.5. The molecule has 0 aromatic heterocycles. The zero-order chi connectivity index (χ0) is 15.9. The molecule has 2 aromatic rings. The molecule has 0 aliphatic carbocycles. The van der Waals surface area contributed by atoms with Crippen molar-refractivity contribution in [2.45, 2.75) is 12.2 Å². The maximum atomic E-state index is 11.4.